The molecule has 1 unspecified atom stereocenters. The first-order valence-electron chi connectivity index (χ1n) is 10.6. The van der Waals surface area contributed by atoms with E-state index >= 15 is 0 Å². The number of hydrogen-bond acceptors (Lipinski definition) is 5. The third-order valence-electron chi connectivity index (χ3n) is 5.96. The second kappa shape index (κ2) is 9.73. The zero-order valence-corrected chi connectivity index (χ0v) is 19.6. The minimum atomic E-state index is -0.178. The van der Waals surface area contributed by atoms with Crippen molar-refractivity contribution >= 4 is 23.4 Å². The topological polar surface area (TPSA) is 103 Å². The van der Waals surface area contributed by atoms with Crippen molar-refractivity contribution in [2.24, 2.45) is 16.5 Å². The van der Waals surface area contributed by atoms with Gasteiger partial charge in [-0.3, -0.25) is 0 Å². The Morgan fingerprint density at radius 2 is 1.84 bits per heavy atom. The van der Waals surface area contributed by atoms with Gasteiger partial charge in [-0.1, -0.05) is 0 Å². The van der Waals surface area contributed by atoms with Crippen molar-refractivity contribution < 1.29 is 14.6 Å². The molecule has 0 radical (unpaired) electrons. The lowest BCUT2D eigenvalue weighted by molar-refractivity contribution is 0.0610. The van der Waals surface area contributed by atoms with Gasteiger partial charge in [-0.2, -0.15) is 11.8 Å². The number of aromatic hydroxyl groups is 1. The molecule has 0 aromatic heterocycles. The molecule has 2 aromatic carbocycles. The normalized spacial score (nSPS) is 17.5. The molecule has 168 valence electrons. The summed E-state index contributed by atoms with van der Waals surface area (Å²) in [4.78, 5) is 3.99. The number of hydrogen-bond donors (Lipinski definition) is 3. The number of phenolic OH excluding ortho intramolecular Hbond substituents is 1. The molecule has 0 saturated carbocycles. The van der Waals surface area contributed by atoms with E-state index in [2.05, 4.69) is 11.9 Å². The van der Waals surface area contributed by atoms with Crippen LogP contribution in [-0.2, 0) is 6.42 Å². The van der Waals surface area contributed by atoms with E-state index < -0.39 is 0 Å². The van der Waals surface area contributed by atoms with Crippen LogP contribution >= 0.6 is 11.8 Å². The molecule has 0 bridgehead atoms. The van der Waals surface area contributed by atoms with Crippen molar-refractivity contribution in [1.29, 1.82) is 0 Å². The quantitative estimate of drug-likeness (QED) is 0.315. The molecule has 0 aliphatic carbocycles. The van der Waals surface area contributed by atoms with E-state index in [1.807, 2.05) is 56.8 Å². The van der Waals surface area contributed by atoms with Crippen molar-refractivity contribution in [3.05, 3.63) is 46.5 Å². The highest BCUT2D eigenvalue weighted by Gasteiger charge is 2.34. The smallest absolute Gasteiger partial charge is 0.191 e. The molecule has 2 aromatic rings. The Balaban J connectivity index is 1.45. The summed E-state index contributed by atoms with van der Waals surface area (Å²) >= 11 is 1.87. The Morgan fingerprint density at radius 3 is 2.52 bits per heavy atom. The van der Waals surface area contributed by atoms with Crippen LogP contribution in [0.4, 0.5) is 5.69 Å². The molecule has 0 fully saturated rings. The van der Waals surface area contributed by atoms with Crippen LogP contribution in [0, 0.1) is 20.8 Å². The Hall–Kier alpha value is -2.54. The van der Waals surface area contributed by atoms with Gasteiger partial charge in [0.25, 0.3) is 0 Å². The number of fused-ring (bicyclic) bond motifs is 1. The number of ether oxygens (including phenoxy) is 2. The van der Waals surface area contributed by atoms with Gasteiger partial charge in [-0.15, -0.1) is 0 Å². The molecule has 1 heterocycles. The van der Waals surface area contributed by atoms with Crippen molar-refractivity contribution in [3.8, 4) is 17.2 Å². The van der Waals surface area contributed by atoms with Crippen molar-refractivity contribution in [2.45, 2.75) is 52.6 Å². The second-order valence-electron chi connectivity index (χ2n) is 8.32. The number of rotatable bonds is 8. The van der Waals surface area contributed by atoms with Crippen LogP contribution in [0.25, 0.3) is 0 Å². The molecule has 3 rings (SSSR count). The first-order chi connectivity index (χ1) is 14.7. The molecule has 6 nitrogen and oxygen atoms in total. The Kier molecular flexibility index (Phi) is 7.26. The van der Waals surface area contributed by atoms with Gasteiger partial charge in [-0.05, 0) is 93.7 Å². The lowest BCUT2D eigenvalue weighted by atomic mass is 9.86. The number of thioether (sulfide) groups is 1. The zero-order chi connectivity index (χ0) is 22.6. The molecule has 0 amide bonds. The maximum Gasteiger partial charge on any atom is 0.191 e. The Bertz CT molecular complexity index is 956. The van der Waals surface area contributed by atoms with Crippen molar-refractivity contribution in [3.63, 3.8) is 0 Å². The van der Waals surface area contributed by atoms with Crippen molar-refractivity contribution in [1.82, 2.24) is 0 Å². The van der Waals surface area contributed by atoms with E-state index in [4.69, 9.17) is 20.9 Å². The summed E-state index contributed by atoms with van der Waals surface area (Å²) in [5.41, 5.74) is 15.4. The van der Waals surface area contributed by atoms with E-state index in [9.17, 15) is 5.11 Å². The highest BCUT2D eigenvalue weighted by molar-refractivity contribution is 7.99. The number of benzene rings is 2. The first-order valence-corrected chi connectivity index (χ1v) is 11.8. The molecule has 31 heavy (non-hydrogen) atoms. The van der Waals surface area contributed by atoms with E-state index in [0.29, 0.717) is 18.0 Å². The minimum absolute atomic E-state index is 0.0442. The molecule has 5 N–H and O–H groups in total. The fourth-order valence-corrected chi connectivity index (χ4v) is 4.83. The van der Waals surface area contributed by atoms with E-state index in [1.54, 1.807) is 0 Å². The molecule has 7 heteroatoms. The van der Waals surface area contributed by atoms with Gasteiger partial charge in [0.2, 0.25) is 0 Å². The van der Waals surface area contributed by atoms with Crippen molar-refractivity contribution in [2.75, 3.05) is 18.1 Å². The van der Waals surface area contributed by atoms with Crippen LogP contribution in [0.15, 0.2) is 29.3 Å². The summed E-state index contributed by atoms with van der Waals surface area (Å²) in [7, 11) is 0. The van der Waals surface area contributed by atoms with Gasteiger partial charge in [0.1, 0.15) is 22.8 Å². The lowest BCUT2D eigenvalue weighted by Gasteiger charge is -2.38. The number of nitrogens with two attached hydrogens (primary N) is 2. The summed E-state index contributed by atoms with van der Waals surface area (Å²) in [5, 5.41) is 10.3. The number of nitrogens with zero attached hydrogens (tertiary/aromatic N) is 1. The Labute approximate surface area is 189 Å². The van der Waals surface area contributed by atoms with Crippen LogP contribution < -0.4 is 20.9 Å². The summed E-state index contributed by atoms with van der Waals surface area (Å²) in [5.74, 6) is 4.15. The largest absolute Gasteiger partial charge is 0.507 e. The Morgan fingerprint density at radius 1 is 1.13 bits per heavy atom. The van der Waals surface area contributed by atoms with Gasteiger partial charge in [0.05, 0.1) is 12.3 Å². The van der Waals surface area contributed by atoms with Crippen LogP contribution in [0.2, 0.25) is 0 Å². The van der Waals surface area contributed by atoms with Gasteiger partial charge < -0.3 is 26.0 Å². The zero-order valence-electron chi connectivity index (χ0n) is 18.8. The molecule has 0 saturated heterocycles. The molecule has 1 atom stereocenters. The predicted octanol–water partition coefficient (Wildman–Crippen LogP) is 4.51. The van der Waals surface area contributed by atoms with Crippen LogP contribution in [-0.4, -0.2) is 34.8 Å². The first kappa shape index (κ1) is 23.1. The van der Waals surface area contributed by atoms with Crippen LogP contribution in [0.3, 0.4) is 0 Å². The fourth-order valence-electron chi connectivity index (χ4n) is 3.85. The molecular weight excluding hydrogens is 410 g/mol. The summed E-state index contributed by atoms with van der Waals surface area (Å²) in [6, 6.07) is 7.38. The average Bonchev–Trinajstić information content (AvgIpc) is 2.74. The van der Waals surface area contributed by atoms with E-state index in [1.165, 1.54) is 0 Å². The highest BCUT2D eigenvalue weighted by Crippen LogP contribution is 2.44. The molecule has 1 aliphatic rings. The lowest BCUT2D eigenvalue weighted by Crippen LogP contribution is -2.37. The SMILES string of the molecule is Cc1c(C)c2c(c(C)c1O)CCC(C)(CCSCCOc1ccc(N=C(N)N)cc1)O2. The summed E-state index contributed by atoms with van der Waals surface area (Å²) < 4.78 is 12.3. The van der Waals surface area contributed by atoms with Gasteiger partial charge in [-0.25, -0.2) is 4.99 Å². The fraction of sp³-hybridized carbons (Fsp3) is 0.458. The van der Waals surface area contributed by atoms with E-state index in [-0.39, 0.29) is 11.6 Å². The maximum atomic E-state index is 10.3. The number of phenols is 1. The number of aliphatic imine (C=N–C) groups is 1. The predicted molar refractivity (Wildman–Crippen MR) is 129 cm³/mol. The second-order valence-corrected chi connectivity index (χ2v) is 9.55. The van der Waals surface area contributed by atoms with Gasteiger partial charge >= 0.3 is 0 Å². The summed E-state index contributed by atoms with van der Waals surface area (Å²) in [6.45, 7) is 8.81. The monoisotopic (exact) mass is 443 g/mol. The van der Waals surface area contributed by atoms with Crippen LogP contribution in [0.5, 0.6) is 17.2 Å². The van der Waals surface area contributed by atoms with E-state index in [0.717, 1.165) is 64.5 Å². The molecule has 0 spiro atoms. The highest BCUT2D eigenvalue weighted by atomic mass is 32.2. The molecular formula is C24H33N3O3S. The minimum Gasteiger partial charge on any atom is -0.507 e. The summed E-state index contributed by atoms with van der Waals surface area (Å²) in [6.07, 6.45) is 2.88. The van der Waals surface area contributed by atoms with Gasteiger partial charge in [0.15, 0.2) is 5.96 Å². The third-order valence-corrected chi connectivity index (χ3v) is 6.91. The maximum absolute atomic E-state index is 10.3. The van der Waals surface area contributed by atoms with Gasteiger partial charge in [0, 0.05) is 11.3 Å². The standard InChI is InChI=1S/C24H33N3O3S/c1-15-16(2)22-20(17(3)21(15)28)9-10-24(4,30-22)11-13-31-14-12-29-19-7-5-18(6-8-19)27-23(25)26/h5-8,28H,9-14H2,1-4H3,(H4,25,26,27). The molecule has 1 aliphatic heterocycles. The average molecular weight is 444 g/mol. The van der Waals surface area contributed by atoms with Crippen LogP contribution in [0.1, 0.15) is 42.0 Å². The third kappa shape index (κ3) is 5.58. The number of guanidine groups is 1.